The number of nitro benzene ring substituents is 1. The minimum absolute atomic E-state index is 0.0361. The molecule has 2 aromatic rings. The van der Waals surface area contributed by atoms with E-state index in [0.29, 0.717) is 25.0 Å². The van der Waals surface area contributed by atoms with Crippen molar-refractivity contribution in [2.45, 2.75) is 33.2 Å². The molecule has 0 saturated heterocycles. The summed E-state index contributed by atoms with van der Waals surface area (Å²) >= 11 is 0. The SMILES string of the molecule is CN(C)CC(C)(C)CNC(=O)CCCn1c(=O)oc2cc([N+](=O)[O-])ccc21. The molecule has 1 N–H and O–H groups in total. The second kappa shape index (κ2) is 8.34. The number of oxazole rings is 1. The van der Waals surface area contributed by atoms with Crippen LogP contribution in [0.4, 0.5) is 5.69 Å². The molecule has 1 aromatic carbocycles. The van der Waals surface area contributed by atoms with Gasteiger partial charge in [-0.25, -0.2) is 4.79 Å². The number of carbonyl (C=O) groups is 1. The lowest BCUT2D eigenvalue weighted by atomic mass is 9.93. The van der Waals surface area contributed by atoms with Gasteiger partial charge in [0.15, 0.2) is 5.58 Å². The largest absolute Gasteiger partial charge is 0.419 e. The predicted octanol–water partition coefficient (Wildman–Crippen LogP) is 1.99. The molecule has 0 aliphatic carbocycles. The van der Waals surface area contributed by atoms with Gasteiger partial charge in [0.1, 0.15) is 0 Å². The van der Waals surface area contributed by atoms with E-state index in [2.05, 4.69) is 24.1 Å². The van der Waals surface area contributed by atoms with Gasteiger partial charge in [0, 0.05) is 32.1 Å². The number of nitro groups is 1. The second-order valence-electron chi connectivity index (χ2n) is 7.71. The summed E-state index contributed by atoms with van der Waals surface area (Å²) in [5.41, 5.74) is 0.483. The fourth-order valence-electron chi connectivity index (χ4n) is 3.12. The Balaban J connectivity index is 1.91. The number of benzene rings is 1. The number of hydrogen-bond donors (Lipinski definition) is 1. The van der Waals surface area contributed by atoms with Gasteiger partial charge in [-0.3, -0.25) is 19.5 Å². The Morgan fingerprint density at radius 3 is 2.70 bits per heavy atom. The smallest absolute Gasteiger partial charge is 0.407 e. The van der Waals surface area contributed by atoms with Crippen LogP contribution in [0, 0.1) is 15.5 Å². The van der Waals surface area contributed by atoms with Crippen molar-refractivity contribution in [3.63, 3.8) is 0 Å². The first-order valence-corrected chi connectivity index (χ1v) is 8.78. The van der Waals surface area contributed by atoms with Crippen molar-refractivity contribution >= 4 is 22.7 Å². The van der Waals surface area contributed by atoms with Crippen LogP contribution in [-0.2, 0) is 11.3 Å². The molecule has 0 saturated carbocycles. The molecule has 1 aromatic heterocycles. The average Bonchev–Trinajstić information content (AvgIpc) is 2.87. The number of non-ortho nitro benzene ring substituents is 1. The summed E-state index contributed by atoms with van der Waals surface area (Å²) in [5, 5.41) is 13.7. The average molecular weight is 378 g/mol. The van der Waals surface area contributed by atoms with Crippen LogP contribution in [-0.4, -0.2) is 47.5 Å². The number of aromatic nitrogens is 1. The molecule has 9 nitrogen and oxygen atoms in total. The van der Waals surface area contributed by atoms with E-state index in [1.807, 2.05) is 14.1 Å². The van der Waals surface area contributed by atoms with E-state index in [1.54, 1.807) is 0 Å². The summed E-state index contributed by atoms with van der Waals surface area (Å²) < 4.78 is 6.47. The van der Waals surface area contributed by atoms with E-state index in [0.717, 1.165) is 6.54 Å². The van der Waals surface area contributed by atoms with Gasteiger partial charge in [-0.1, -0.05) is 13.8 Å². The van der Waals surface area contributed by atoms with Crippen LogP contribution in [0.3, 0.4) is 0 Å². The van der Waals surface area contributed by atoms with Crippen LogP contribution in [0.2, 0.25) is 0 Å². The molecule has 0 spiro atoms. The first-order valence-electron chi connectivity index (χ1n) is 8.78. The van der Waals surface area contributed by atoms with Gasteiger partial charge in [-0.2, -0.15) is 0 Å². The molecule has 0 aliphatic rings. The van der Waals surface area contributed by atoms with E-state index < -0.39 is 10.7 Å². The van der Waals surface area contributed by atoms with Gasteiger partial charge in [0.05, 0.1) is 16.5 Å². The number of carbonyl (C=O) groups excluding carboxylic acids is 1. The van der Waals surface area contributed by atoms with Crippen molar-refractivity contribution in [2.75, 3.05) is 27.2 Å². The molecule has 2 rings (SSSR count). The van der Waals surface area contributed by atoms with Gasteiger partial charge in [-0.05, 0) is 32.0 Å². The highest BCUT2D eigenvalue weighted by molar-refractivity contribution is 5.76. The molecular formula is C18H26N4O5. The number of rotatable bonds is 9. The summed E-state index contributed by atoms with van der Waals surface area (Å²) in [6.07, 6.45) is 0.746. The summed E-state index contributed by atoms with van der Waals surface area (Å²) in [4.78, 5) is 36.4. The van der Waals surface area contributed by atoms with Crippen molar-refractivity contribution < 1.29 is 14.1 Å². The fourth-order valence-corrected chi connectivity index (χ4v) is 3.12. The predicted molar refractivity (Wildman–Crippen MR) is 102 cm³/mol. The van der Waals surface area contributed by atoms with Crippen LogP contribution in [0.15, 0.2) is 27.4 Å². The number of nitrogens with one attached hydrogen (secondary N) is 1. The molecule has 27 heavy (non-hydrogen) atoms. The summed E-state index contributed by atoms with van der Waals surface area (Å²) in [7, 11) is 3.98. The van der Waals surface area contributed by atoms with Crippen LogP contribution < -0.4 is 11.1 Å². The Bertz CT molecular complexity index is 881. The number of hydrogen-bond acceptors (Lipinski definition) is 6. The van der Waals surface area contributed by atoms with Crippen LogP contribution in [0.1, 0.15) is 26.7 Å². The molecule has 1 amide bonds. The normalized spacial score (nSPS) is 11.9. The van der Waals surface area contributed by atoms with Gasteiger partial charge >= 0.3 is 5.76 Å². The van der Waals surface area contributed by atoms with Gasteiger partial charge in [0.25, 0.3) is 5.69 Å². The maximum atomic E-state index is 12.1. The fraction of sp³-hybridized carbons (Fsp3) is 0.556. The van der Waals surface area contributed by atoms with Crippen LogP contribution >= 0.6 is 0 Å². The van der Waals surface area contributed by atoms with Crippen molar-refractivity contribution in [1.82, 2.24) is 14.8 Å². The molecule has 0 radical (unpaired) electrons. The van der Waals surface area contributed by atoms with Crippen molar-refractivity contribution in [2.24, 2.45) is 5.41 Å². The topological polar surface area (TPSA) is 111 Å². The molecular weight excluding hydrogens is 352 g/mol. The third kappa shape index (κ3) is 5.65. The van der Waals surface area contributed by atoms with E-state index in [1.165, 1.54) is 22.8 Å². The molecule has 0 fully saturated rings. The first kappa shape index (κ1) is 20.6. The van der Waals surface area contributed by atoms with E-state index in [4.69, 9.17) is 4.42 Å². The molecule has 9 heteroatoms. The maximum absolute atomic E-state index is 12.1. The first-order chi connectivity index (χ1) is 12.6. The Morgan fingerprint density at radius 1 is 1.37 bits per heavy atom. The lowest BCUT2D eigenvalue weighted by molar-refractivity contribution is -0.384. The highest BCUT2D eigenvalue weighted by Gasteiger charge is 2.20. The quantitative estimate of drug-likeness (QED) is 0.528. The Labute approximate surface area is 157 Å². The van der Waals surface area contributed by atoms with Crippen molar-refractivity contribution in [3.8, 4) is 0 Å². The lowest BCUT2D eigenvalue weighted by Crippen LogP contribution is -2.40. The zero-order valence-electron chi connectivity index (χ0n) is 16.2. The standard InChI is InChI=1S/C18H26N4O5/c1-18(2,12-20(3)4)11-19-16(23)6-5-9-21-14-8-7-13(22(25)26)10-15(14)27-17(21)24/h7-8,10H,5-6,9,11-12H2,1-4H3,(H,19,23). The molecule has 0 unspecified atom stereocenters. The molecule has 0 bridgehead atoms. The maximum Gasteiger partial charge on any atom is 0.419 e. The number of aryl methyl sites for hydroxylation is 1. The Kier molecular flexibility index (Phi) is 6.37. The lowest BCUT2D eigenvalue weighted by Gasteiger charge is -2.28. The highest BCUT2D eigenvalue weighted by atomic mass is 16.6. The Hall–Kier alpha value is -2.68. The summed E-state index contributed by atoms with van der Waals surface area (Å²) in [6, 6.07) is 4.04. The highest BCUT2D eigenvalue weighted by Crippen LogP contribution is 2.20. The third-order valence-corrected chi connectivity index (χ3v) is 4.16. The zero-order valence-corrected chi connectivity index (χ0v) is 16.2. The monoisotopic (exact) mass is 378 g/mol. The van der Waals surface area contributed by atoms with Gasteiger partial charge < -0.3 is 14.6 Å². The number of nitrogens with zero attached hydrogens (tertiary/aromatic N) is 3. The molecule has 0 aliphatic heterocycles. The number of amides is 1. The van der Waals surface area contributed by atoms with E-state index in [-0.39, 0.29) is 29.0 Å². The third-order valence-electron chi connectivity index (χ3n) is 4.16. The molecule has 1 heterocycles. The van der Waals surface area contributed by atoms with Gasteiger partial charge in [-0.15, -0.1) is 0 Å². The van der Waals surface area contributed by atoms with Crippen molar-refractivity contribution in [3.05, 3.63) is 38.9 Å². The zero-order chi connectivity index (χ0) is 20.2. The summed E-state index contributed by atoms with van der Waals surface area (Å²) in [5.74, 6) is -0.656. The molecule has 0 atom stereocenters. The minimum Gasteiger partial charge on any atom is -0.407 e. The van der Waals surface area contributed by atoms with Crippen LogP contribution in [0.25, 0.3) is 11.1 Å². The van der Waals surface area contributed by atoms with E-state index >= 15 is 0 Å². The Morgan fingerprint density at radius 2 is 2.07 bits per heavy atom. The van der Waals surface area contributed by atoms with Crippen molar-refractivity contribution in [1.29, 1.82) is 0 Å². The number of fused-ring (bicyclic) bond motifs is 1. The minimum atomic E-state index is -0.585. The van der Waals surface area contributed by atoms with Gasteiger partial charge in [0.2, 0.25) is 5.91 Å². The van der Waals surface area contributed by atoms with Crippen LogP contribution in [0.5, 0.6) is 0 Å². The molecule has 148 valence electrons. The second-order valence-corrected chi connectivity index (χ2v) is 7.71. The summed E-state index contributed by atoms with van der Waals surface area (Å²) in [6.45, 7) is 5.91. The van der Waals surface area contributed by atoms with E-state index in [9.17, 15) is 19.7 Å².